The van der Waals surface area contributed by atoms with Crippen molar-refractivity contribution in [3.63, 3.8) is 0 Å². The lowest BCUT2D eigenvalue weighted by Gasteiger charge is -2.27. The van der Waals surface area contributed by atoms with Gasteiger partial charge in [0, 0.05) is 13.0 Å². The third-order valence-electron chi connectivity index (χ3n) is 3.47. The highest BCUT2D eigenvalue weighted by Crippen LogP contribution is 2.29. The molecule has 15 heavy (non-hydrogen) atoms. The summed E-state index contributed by atoms with van der Waals surface area (Å²) >= 11 is 4.04. The summed E-state index contributed by atoms with van der Waals surface area (Å²) in [5.41, 5.74) is 0. The molecule has 1 amide bonds. The molecule has 0 heterocycles. The average molecular weight is 229 g/mol. The first-order chi connectivity index (χ1) is 7.26. The molecule has 88 valence electrons. The molecule has 1 aliphatic rings. The van der Waals surface area contributed by atoms with E-state index >= 15 is 0 Å². The predicted molar refractivity (Wildman–Crippen MR) is 67.2 cm³/mol. The van der Waals surface area contributed by atoms with E-state index in [1.807, 2.05) is 0 Å². The molecule has 0 aromatic carbocycles. The van der Waals surface area contributed by atoms with Crippen LogP contribution in [0.3, 0.4) is 0 Å². The van der Waals surface area contributed by atoms with Gasteiger partial charge in [-0.2, -0.15) is 12.6 Å². The Labute approximate surface area is 98.6 Å². The minimum atomic E-state index is 0.155. The van der Waals surface area contributed by atoms with Crippen LogP contribution >= 0.6 is 12.6 Å². The zero-order valence-electron chi connectivity index (χ0n) is 9.67. The summed E-state index contributed by atoms with van der Waals surface area (Å²) < 4.78 is 0. The summed E-state index contributed by atoms with van der Waals surface area (Å²) in [5, 5.41) is 3.00. The maximum Gasteiger partial charge on any atom is 0.220 e. The molecule has 0 radical (unpaired) electrons. The molecular weight excluding hydrogens is 206 g/mol. The molecule has 0 aromatic rings. The average Bonchev–Trinajstić information content (AvgIpc) is 2.27. The molecule has 0 aliphatic heterocycles. The Kier molecular flexibility index (Phi) is 6.15. The normalized spacial score (nSPS) is 26.3. The van der Waals surface area contributed by atoms with Crippen molar-refractivity contribution >= 4 is 18.5 Å². The van der Waals surface area contributed by atoms with Crippen LogP contribution in [0.25, 0.3) is 0 Å². The molecule has 0 saturated heterocycles. The molecule has 0 unspecified atom stereocenters. The first-order valence-electron chi connectivity index (χ1n) is 6.13. The van der Waals surface area contributed by atoms with Crippen molar-refractivity contribution in [2.45, 2.75) is 45.4 Å². The number of nitrogens with one attached hydrogen (secondary N) is 1. The van der Waals surface area contributed by atoms with Gasteiger partial charge in [-0.1, -0.05) is 26.2 Å². The third kappa shape index (κ3) is 4.92. The Balaban J connectivity index is 2.10. The highest BCUT2D eigenvalue weighted by Gasteiger charge is 2.19. The van der Waals surface area contributed by atoms with E-state index in [2.05, 4.69) is 24.9 Å². The Hall–Kier alpha value is -0.180. The second-order valence-corrected chi connectivity index (χ2v) is 5.02. The molecule has 2 nitrogen and oxygen atoms in total. The van der Waals surface area contributed by atoms with Gasteiger partial charge in [-0.15, -0.1) is 0 Å². The van der Waals surface area contributed by atoms with E-state index in [0.717, 1.165) is 18.4 Å². The monoisotopic (exact) mass is 229 g/mol. The van der Waals surface area contributed by atoms with Crippen molar-refractivity contribution in [3.05, 3.63) is 0 Å². The first kappa shape index (κ1) is 12.9. The van der Waals surface area contributed by atoms with Gasteiger partial charge in [0.15, 0.2) is 0 Å². The lowest BCUT2D eigenvalue weighted by molar-refractivity contribution is -0.120. The van der Waals surface area contributed by atoms with E-state index in [-0.39, 0.29) is 5.91 Å². The van der Waals surface area contributed by atoms with E-state index in [0.29, 0.717) is 12.2 Å². The zero-order chi connectivity index (χ0) is 11.1. The molecule has 0 atom stereocenters. The highest BCUT2D eigenvalue weighted by molar-refractivity contribution is 7.80. The van der Waals surface area contributed by atoms with Crippen LogP contribution in [0, 0.1) is 11.8 Å². The Morgan fingerprint density at radius 1 is 1.27 bits per heavy atom. The molecule has 1 N–H and O–H groups in total. The zero-order valence-corrected chi connectivity index (χ0v) is 10.6. The van der Waals surface area contributed by atoms with Gasteiger partial charge < -0.3 is 5.32 Å². The second kappa shape index (κ2) is 7.15. The number of hydrogen-bond acceptors (Lipinski definition) is 2. The number of amides is 1. The quantitative estimate of drug-likeness (QED) is 0.697. The molecule has 0 bridgehead atoms. The SMILES string of the molecule is CCC1CCC(CNC(=O)CCS)CC1. The van der Waals surface area contributed by atoms with Crippen molar-refractivity contribution in [1.82, 2.24) is 5.32 Å². The summed E-state index contributed by atoms with van der Waals surface area (Å²) in [7, 11) is 0. The maximum atomic E-state index is 11.2. The fraction of sp³-hybridized carbons (Fsp3) is 0.917. The largest absolute Gasteiger partial charge is 0.356 e. The van der Waals surface area contributed by atoms with Crippen LogP contribution in [0.4, 0.5) is 0 Å². The predicted octanol–water partition coefficient (Wildman–Crippen LogP) is 2.64. The molecular formula is C12H23NOS. The van der Waals surface area contributed by atoms with Gasteiger partial charge in [0.05, 0.1) is 0 Å². The van der Waals surface area contributed by atoms with Crippen LogP contribution in [0.1, 0.15) is 45.4 Å². The molecule has 0 aromatic heterocycles. The minimum absolute atomic E-state index is 0.155. The van der Waals surface area contributed by atoms with Gasteiger partial charge in [-0.05, 0) is 30.4 Å². The highest BCUT2D eigenvalue weighted by atomic mass is 32.1. The fourth-order valence-electron chi connectivity index (χ4n) is 2.29. The van der Waals surface area contributed by atoms with E-state index < -0.39 is 0 Å². The van der Waals surface area contributed by atoms with Gasteiger partial charge in [0.1, 0.15) is 0 Å². The summed E-state index contributed by atoms with van der Waals surface area (Å²) in [6.07, 6.45) is 7.15. The van der Waals surface area contributed by atoms with E-state index in [4.69, 9.17) is 0 Å². The Morgan fingerprint density at radius 2 is 1.87 bits per heavy atom. The summed E-state index contributed by atoms with van der Waals surface area (Å²) in [6, 6.07) is 0. The first-order valence-corrected chi connectivity index (χ1v) is 6.77. The van der Waals surface area contributed by atoms with Crippen LogP contribution in [0.5, 0.6) is 0 Å². The number of carbonyl (C=O) groups excluding carboxylic acids is 1. The molecule has 1 saturated carbocycles. The smallest absolute Gasteiger partial charge is 0.220 e. The van der Waals surface area contributed by atoms with Crippen LogP contribution in [-0.4, -0.2) is 18.2 Å². The topological polar surface area (TPSA) is 29.1 Å². The number of rotatable bonds is 5. The van der Waals surface area contributed by atoms with Crippen molar-refractivity contribution in [3.8, 4) is 0 Å². The van der Waals surface area contributed by atoms with Crippen LogP contribution in [0.2, 0.25) is 0 Å². The molecule has 1 rings (SSSR count). The van der Waals surface area contributed by atoms with Crippen LogP contribution < -0.4 is 5.32 Å². The number of hydrogen-bond donors (Lipinski definition) is 2. The number of carbonyl (C=O) groups is 1. The molecule has 3 heteroatoms. The third-order valence-corrected chi connectivity index (χ3v) is 3.69. The van der Waals surface area contributed by atoms with E-state index in [9.17, 15) is 4.79 Å². The van der Waals surface area contributed by atoms with Crippen molar-refractivity contribution in [2.24, 2.45) is 11.8 Å². The van der Waals surface area contributed by atoms with Gasteiger partial charge in [-0.3, -0.25) is 4.79 Å². The fourth-order valence-corrected chi connectivity index (χ4v) is 2.50. The van der Waals surface area contributed by atoms with Crippen molar-refractivity contribution in [2.75, 3.05) is 12.3 Å². The van der Waals surface area contributed by atoms with Crippen molar-refractivity contribution < 1.29 is 4.79 Å². The standard InChI is InChI=1S/C12H23NOS/c1-2-10-3-5-11(6-4-10)9-13-12(14)7-8-15/h10-11,15H,2-9H2,1H3,(H,13,14). The maximum absolute atomic E-state index is 11.2. The van der Waals surface area contributed by atoms with E-state index in [1.165, 1.54) is 32.1 Å². The molecule has 1 aliphatic carbocycles. The van der Waals surface area contributed by atoms with Gasteiger partial charge in [0.25, 0.3) is 0 Å². The summed E-state index contributed by atoms with van der Waals surface area (Å²) in [4.78, 5) is 11.2. The molecule has 1 fully saturated rings. The Morgan fingerprint density at radius 3 is 2.40 bits per heavy atom. The van der Waals surface area contributed by atoms with Gasteiger partial charge in [0.2, 0.25) is 5.91 Å². The lowest BCUT2D eigenvalue weighted by atomic mass is 9.81. The van der Waals surface area contributed by atoms with Crippen LogP contribution in [-0.2, 0) is 4.79 Å². The number of thiol groups is 1. The lowest BCUT2D eigenvalue weighted by Crippen LogP contribution is -2.31. The minimum Gasteiger partial charge on any atom is -0.356 e. The summed E-state index contributed by atoms with van der Waals surface area (Å²) in [6.45, 7) is 3.16. The van der Waals surface area contributed by atoms with Gasteiger partial charge in [-0.25, -0.2) is 0 Å². The van der Waals surface area contributed by atoms with Crippen LogP contribution in [0.15, 0.2) is 0 Å². The van der Waals surface area contributed by atoms with Crippen molar-refractivity contribution in [1.29, 1.82) is 0 Å². The van der Waals surface area contributed by atoms with Gasteiger partial charge >= 0.3 is 0 Å². The Bertz CT molecular complexity index is 188. The summed E-state index contributed by atoms with van der Waals surface area (Å²) in [5.74, 6) is 2.46. The van der Waals surface area contributed by atoms with E-state index in [1.54, 1.807) is 0 Å². The molecule has 0 spiro atoms. The second-order valence-electron chi connectivity index (χ2n) is 4.57.